The smallest absolute Gasteiger partial charge is 0.291 e. The number of aromatic nitrogens is 4. The van der Waals surface area contributed by atoms with Crippen molar-refractivity contribution >= 4 is 57.7 Å². The average Bonchev–Trinajstić information content (AvgIpc) is 2.90. The molecule has 0 spiro atoms. The Morgan fingerprint density at radius 1 is 0.600 bits per heavy atom. The van der Waals surface area contributed by atoms with Crippen LogP contribution in [0.5, 0.6) is 0 Å². The fraction of sp³-hybridized carbons (Fsp3) is 0.0714. The fourth-order valence-electron chi connectivity index (χ4n) is 5.56. The van der Waals surface area contributed by atoms with Crippen LogP contribution in [0.25, 0.3) is 0 Å². The van der Waals surface area contributed by atoms with Crippen LogP contribution in [0.2, 0.25) is 0 Å². The summed E-state index contributed by atoms with van der Waals surface area (Å²) in [6.07, 6.45) is 7.84. The van der Waals surface area contributed by atoms with Gasteiger partial charge in [-0.1, -0.05) is 42.5 Å². The van der Waals surface area contributed by atoms with E-state index in [0.29, 0.717) is 0 Å². The summed E-state index contributed by atoms with van der Waals surface area (Å²) in [5, 5.41) is 0. The molecule has 0 saturated carbocycles. The second-order valence-electron chi connectivity index (χ2n) is 8.98. The SMILES string of the molecule is C[n+]1ccnc2c1B1c3c(cccc3N(c3ccccc3)c3ncc[n+](C)c31)N2c1ccccc1. The van der Waals surface area contributed by atoms with E-state index in [1.807, 2.05) is 24.8 Å². The second-order valence-corrected chi connectivity index (χ2v) is 8.98. The third-order valence-electron chi connectivity index (χ3n) is 7.02. The van der Waals surface area contributed by atoms with E-state index in [-0.39, 0.29) is 6.71 Å². The zero-order chi connectivity index (χ0) is 23.5. The number of nitrogens with zero attached hydrogens (tertiary/aromatic N) is 6. The van der Waals surface area contributed by atoms with E-state index < -0.39 is 0 Å². The summed E-state index contributed by atoms with van der Waals surface area (Å²) in [7, 11) is 4.22. The minimum Gasteiger partial charge on any atom is -0.291 e. The van der Waals surface area contributed by atoms with Gasteiger partial charge in [-0.3, -0.25) is 9.80 Å². The molecule has 166 valence electrons. The van der Waals surface area contributed by atoms with Gasteiger partial charge in [0.05, 0.1) is 12.4 Å². The zero-order valence-electron chi connectivity index (χ0n) is 19.6. The topological polar surface area (TPSA) is 40.0 Å². The maximum absolute atomic E-state index is 4.93. The molecule has 0 radical (unpaired) electrons. The number of hydrogen-bond donors (Lipinski definition) is 0. The van der Waals surface area contributed by atoms with Crippen molar-refractivity contribution in [2.24, 2.45) is 14.1 Å². The Labute approximate surface area is 204 Å². The molecule has 5 aromatic rings. The molecule has 35 heavy (non-hydrogen) atoms. The summed E-state index contributed by atoms with van der Waals surface area (Å²) in [5.41, 5.74) is 8.01. The molecule has 0 atom stereocenters. The van der Waals surface area contributed by atoms with Gasteiger partial charge in [0.15, 0.2) is 35.2 Å². The molecule has 6 nitrogen and oxygen atoms in total. The Balaban J connectivity index is 1.62. The number of benzene rings is 3. The molecule has 7 heteroatoms. The lowest BCUT2D eigenvalue weighted by atomic mass is 9.36. The minimum atomic E-state index is -0.0106. The number of anilines is 6. The molecule has 3 aromatic carbocycles. The van der Waals surface area contributed by atoms with Gasteiger partial charge in [0.25, 0.3) is 0 Å². The first-order valence-corrected chi connectivity index (χ1v) is 11.8. The van der Waals surface area contributed by atoms with Crippen molar-refractivity contribution in [3.63, 3.8) is 0 Å². The van der Waals surface area contributed by atoms with Crippen LogP contribution >= 0.6 is 0 Å². The molecule has 7 rings (SSSR count). The summed E-state index contributed by atoms with van der Waals surface area (Å²) in [5.74, 6) is 1.89. The first kappa shape index (κ1) is 19.9. The van der Waals surface area contributed by atoms with Crippen molar-refractivity contribution in [3.05, 3.63) is 104 Å². The highest BCUT2D eigenvalue weighted by atomic mass is 15.3. The van der Waals surface area contributed by atoms with Crippen LogP contribution in [0.3, 0.4) is 0 Å². The van der Waals surface area contributed by atoms with Crippen LogP contribution in [-0.4, -0.2) is 16.7 Å². The monoisotopic (exact) mass is 454 g/mol. The van der Waals surface area contributed by atoms with Crippen molar-refractivity contribution in [1.29, 1.82) is 0 Å². The molecule has 0 fully saturated rings. The van der Waals surface area contributed by atoms with Crippen LogP contribution in [0, 0.1) is 0 Å². The molecule has 2 aliphatic rings. The number of rotatable bonds is 2. The van der Waals surface area contributed by atoms with E-state index in [1.54, 1.807) is 0 Å². The Morgan fingerprint density at radius 2 is 1.06 bits per heavy atom. The Hall–Kier alpha value is -4.52. The lowest BCUT2D eigenvalue weighted by Crippen LogP contribution is -2.75. The summed E-state index contributed by atoms with van der Waals surface area (Å²) in [6.45, 7) is -0.0106. The van der Waals surface area contributed by atoms with Crippen LogP contribution in [0.4, 0.5) is 34.4 Å². The lowest BCUT2D eigenvalue weighted by molar-refractivity contribution is -0.658. The number of aryl methyl sites for hydroxylation is 2. The summed E-state index contributed by atoms with van der Waals surface area (Å²) >= 11 is 0. The molecule has 0 amide bonds. The van der Waals surface area contributed by atoms with Crippen LogP contribution < -0.4 is 35.6 Å². The van der Waals surface area contributed by atoms with Gasteiger partial charge in [-0.05, 0) is 41.9 Å². The maximum Gasteiger partial charge on any atom is 0.420 e. The second kappa shape index (κ2) is 7.50. The van der Waals surface area contributed by atoms with E-state index in [2.05, 4.69) is 112 Å². The van der Waals surface area contributed by atoms with Crippen molar-refractivity contribution in [2.75, 3.05) is 9.80 Å². The van der Waals surface area contributed by atoms with Gasteiger partial charge < -0.3 is 0 Å². The van der Waals surface area contributed by atoms with Gasteiger partial charge in [-0.2, -0.15) is 0 Å². The zero-order valence-corrected chi connectivity index (χ0v) is 19.6. The van der Waals surface area contributed by atoms with Gasteiger partial charge in [0.1, 0.15) is 14.1 Å². The summed E-state index contributed by atoms with van der Waals surface area (Å²) in [6, 6.07) is 27.5. The van der Waals surface area contributed by atoms with Crippen molar-refractivity contribution in [2.45, 2.75) is 0 Å². The third kappa shape index (κ3) is 2.78. The molecule has 0 aliphatic carbocycles. The van der Waals surface area contributed by atoms with E-state index in [4.69, 9.17) is 9.97 Å². The van der Waals surface area contributed by atoms with E-state index in [0.717, 1.165) is 45.6 Å². The largest absolute Gasteiger partial charge is 0.420 e. The van der Waals surface area contributed by atoms with Crippen LogP contribution in [0.15, 0.2) is 104 Å². The number of hydrogen-bond acceptors (Lipinski definition) is 4. The van der Waals surface area contributed by atoms with E-state index in [1.165, 1.54) is 5.46 Å². The Kier molecular flexibility index (Phi) is 4.27. The summed E-state index contributed by atoms with van der Waals surface area (Å²) in [4.78, 5) is 14.4. The summed E-state index contributed by atoms with van der Waals surface area (Å²) < 4.78 is 4.41. The predicted molar refractivity (Wildman–Crippen MR) is 138 cm³/mol. The predicted octanol–water partition coefficient (Wildman–Crippen LogP) is 2.21. The highest BCUT2D eigenvalue weighted by Gasteiger charge is 2.54. The molecular weight excluding hydrogens is 431 g/mol. The maximum atomic E-state index is 4.93. The van der Waals surface area contributed by atoms with E-state index >= 15 is 0 Å². The first-order valence-electron chi connectivity index (χ1n) is 11.8. The molecular formula is C28H23BN6+2. The van der Waals surface area contributed by atoms with Crippen molar-refractivity contribution < 1.29 is 9.13 Å². The van der Waals surface area contributed by atoms with Gasteiger partial charge in [0, 0.05) is 22.7 Å². The average molecular weight is 454 g/mol. The van der Waals surface area contributed by atoms with E-state index in [9.17, 15) is 0 Å². The number of fused-ring (bicyclic) bond motifs is 4. The quantitative estimate of drug-likeness (QED) is 0.297. The normalized spacial score (nSPS) is 13.3. The minimum absolute atomic E-state index is 0.0106. The standard InChI is InChI=1S/C28H23BN6/c1-32-18-16-30-27-25(32)29-24-22(34(27)20-10-5-3-6-11-20)14-9-15-23(24)35(21-12-7-4-8-13-21)28-26(29)33(2)19-17-31-28/h3-19H,1-2H3/q+2. The van der Waals surface area contributed by atoms with Gasteiger partial charge in [0.2, 0.25) is 0 Å². The van der Waals surface area contributed by atoms with Gasteiger partial charge in [-0.25, -0.2) is 19.1 Å². The molecule has 0 saturated heterocycles. The van der Waals surface area contributed by atoms with Crippen LogP contribution in [0.1, 0.15) is 0 Å². The Bertz CT molecular complexity index is 1470. The number of para-hydroxylation sites is 2. The van der Waals surface area contributed by atoms with Crippen molar-refractivity contribution in [3.8, 4) is 0 Å². The molecule has 2 aliphatic heterocycles. The molecule has 2 aromatic heterocycles. The molecule has 0 bridgehead atoms. The molecule has 0 unspecified atom stereocenters. The lowest BCUT2D eigenvalue weighted by Gasteiger charge is -2.39. The third-order valence-corrected chi connectivity index (χ3v) is 7.02. The highest BCUT2D eigenvalue weighted by Crippen LogP contribution is 2.41. The fourth-order valence-corrected chi connectivity index (χ4v) is 5.56. The molecule has 0 N–H and O–H groups in total. The van der Waals surface area contributed by atoms with Gasteiger partial charge >= 0.3 is 6.71 Å². The van der Waals surface area contributed by atoms with Crippen molar-refractivity contribution in [1.82, 2.24) is 9.97 Å². The highest BCUT2D eigenvalue weighted by molar-refractivity contribution is 6.98. The Morgan fingerprint density at radius 3 is 1.51 bits per heavy atom. The van der Waals surface area contributed by atoms with Gasteiger partial charge in [-0.15, -0.1) is 0 Å². The van der Waals surface area contributed by atoms with Crippen LogP contribution in [-0.2, 0) is 14.1 Å². The first-order chi connectivity index (χ1) is 17.2. The molecule has 4 heterocycles.